The summed E-state index contributed by atoms with van der Waals surface area (Å²) in [5.74, 6) is 0.295. The topological polar surface area (TPSA) is 66.9 Å². The SMILES string of the molecule is CNc1nc(C)cc(C(=O)NCC(C)(C)SC)n1. The van der Waals surface area contributed by atoms with Gasteiger partial charge in [-0.2, -0.15) is 11.8 Å². The lowest BCUT2D eigenvalue weighted by Gasteiger charge is -2.22. The highest BCUT2D eigenvalue weighted by molar-refractivity contribution is 7.99. The normalized spacial score (nSPS) is 11.2. The van der Waals surface area contributed by atoms with E-state index in [1.807, 2.05) is 13.2 Å². The van der Waals surface area contributed by atoms with Gasteiger partial charge in [0.1, 0.15) is 5.69 Å². The smallest absolute Gasteiger partial charge is 0.270 e. The molecule has 100 valence electrons. The van der Waals surface area contributed by atoms with Crippen LogP contribution in [0.25, 0.3) is 0 Å². The molecule has 18 heavy (non-hydrogen) atoms. The van der Waals surface area contributed by atoms with Crippen molar-refractivity contribution in [3.8, 4) is 0 Å². The Morgan fingerprint density at radius 3 is 2.67 bits per heavy atom. The Morgan fingerprint density at radius 2 is 2.11 bits per heavy atom. The van der Waals surface area contributed by atoms with Crippen LogP contribution in [0.4, 0.5) is 5.95 Å². The van der Waals surface area contributed by atoms with Gasteiger partial charge in [-0.1, -0.05) is 0 Å². The molecule has 6 heteroatoms. The molecule has 1 rings (SSSR count). The van der Waals surface area contributed by atoms with Crippen LogP contribution in [-0.4, -0.2) is 40.5 Å². The lowest BCUT2D eigenvalue weighted by Crippen LogP contribution is -2.36. The van der Waals surface area contributed by atoms with Crippen LogP contribution in [0.15, 0.2) is 6.07 Å². The summed E-state index contributed by atoms with van der Waals surface area (Å²) in [7, 11) is 1.73. The van der Waals surface area contributed by atoms with Crippen molar-refractivity contribution in [1.29, 1.82) is 0 Å². The molecular weight excluding hydrogens is 248 g/mol. The van der Waals surface area contributed by atoms with Gasteiger partial charge in [0.2, 0.25) is 5.95 Å². The number of thioether (sulfide) groups is 1. The van der Waals surface area contributed by atoms with Crippen molar-refractivity contribution in [2.24, 2.45) is 0 Å². The highest BCUT2D eigenvalue weighted by atomic mass is 32.2. The number of carbonyl (C=O) groups excluding carboxylic acids is 1. The summed E-state index contributed by atoms with van der Waals surface area (Å²) in [6, 6.07) is 1.68. The third kappa shape index (κ3) is 4.18. The van der Waals surface area contributed by atoms with Gasteiger partial charge in [-0.05, 0) is 33.1 Å². The van der Waals surface area contributed by atoms with Crippen molar-refractivity contribution in [3.63, 3.8) is 0 Å². The minimum absolute atomic E-state index is 0.0174. The van der Waals surface area contributed by atoms with Crippen LogP contribution in [0.1, 0.15) is 30.0 Å². The molecule has 1 heterocycles. The molecule has 0 bridgehead atoms. The number of hydrogen-bond acceptors (Lipinski definition) is 5. The van der Waals surface area contributed by atoms with Crippen molar-refractivity contribution in [1.82, 2.24) is 15.3 Å². The Morgan fingerprint density at radius 1 is 1.44 bits per heavy atom. The Balaban J connectivity index is 2.75. The summed E-state index contributed by atoms with van der Waals surface area (Å²) in [5.41, 5.74) is 1.16. The van der Waals surface area contributed by atoms with Crippen molar-refractivity contribution >= 4 is 23.6 Å². The molecule has 2 N–H and O–H groups in total. The first-order valence-electron chi connectivity index (χ1n) is 5.75. The average molecular weight is 268 g/mol. The molecule has 0 saturated heterocycles. The molecule has 0 radical (unpaired) electrons. The van der Waals surface area contributed by atoms with E-state index in [0.29, 0.717) is 18.2 Å². The number of nitrogens with one attached hydrogen (secondary N) is 2. The lowest BCUT2D eigenvalue weighted by molar-refractivity contribution is 0.0945. The van der Waals surface area contributed by atoms with E-state index in [1.165, 1.54) is 0 Å². The van der Waals surface area contributed by atoms with E-state index in [2.05, 4.69) is 34.4 Å². The zero-order chi connectivity index (χ0) is 13.8. The Labute approximate surface area is 112 Å². The van der Waals surface area contributed by atoms with Crippen molar-refractivity contribution in [3.05, 3.63) is 17.5 Å². The van der Waals surface area contributed by atoms with Crippen molar-refractivity contribution < 1.29 is 4.79 Å². The fraction of sp³-hybridized carbons (Fsp3) is 0.583. The highest BCUT2D eigenvalue weighted by Gasteiger charge is 2.18. The van der Waals surface area contributed by atoms with Gasteiger partial charge in [0.25, 0.3) is 5.91 Å². The van der Waals surface area contributed by atoms with Crippen LogP contribution in [-0.2, 0) is 0 Å². The number of carbonyl (C=O) groups is 1. The quantitative estimate of drug-likeness (QED) is 0.851. The summed E-state index contributed by atoms with van der Waals surface area (Å²) >= 11 is 1.72. The number of rotatable bonds is 5. The molecule has 0 fully saturated rings. The predicted octanol–water partition coefficient (Wildman–Crippen LogP) is 1.70. The number of hydrogen-bond donors (Lipinski definition) is 2. The first-order valence-corrected chi connectivity index (χ1v) is 6.97. The van der Waals surface area contributed by atoms with Gasteiger partial charge in [-0.25, -0.2) is 9.97 Å². The Bertz CT molecular complexity index is 434. The van der Waals surface area contributed by atoms with Gasteiger partial charge >= 0.3 is 0 Å². The number of aromatic nitrogens is 2. The van der Waals surface area contributed by atoms with Crippen molar-refractivity contribution in [2.75, 3.05) is 25.2 Å². The third-order valence-corrected chi connectivity index (χ3v) is 3.79. The zero-order valence-corrected chi connectivity index (χ0v) is 12.3. The third-order valence-electron chi connectivity index (χ3n) is 2.54. The van der Waals surface area contributed by atoms with E-state index in [4.69, 9.17) is 0 Å². The Hall–Kier alpha value is -1.30. The molecular formula is C12H20N4OS. The lowest BCUT2D eigenvalue weighted by atomic mass is 10.2. The molecule has 0 aliphatic carbocycles. The van der Waals surface area contributed by atoms with E-state index >= 15 is 0 Å². The number of amides is 1. The van der Waals surface area contributed by atoms with Crippen LogP contribution in [0, 0.1) is 6.92 Å². The zero-order valence-electron chi connectivity index (χ0n) is 11.5. The minimum atomic E-state index is -0.167. The van der Waals surface area contributed by atoms with Crippen LogP contribution in [0.3, 0.4) is 0 Å². The molecule has 0 unspecified atom stereocenters. The monoisotopic (exact) mass is 268 g/mol. The van der Waals surface area contributed by atoms with Crippen LogP contribution in [0.5, 0.6) is 0 Å². The summed E-state index contributed by atoms with van der Waals surface area (Å²) in [6.45, 7) is 6.61. The molecule has 0 aliphatic rings. The molecule has 5 nitrogen and oxygen atoms in total. The first kappa shape index (κ1) is 14.8. The molecule has 0 spiro atoms. The molecule has 0 saturated carbocycles. The van der Waals surface area contributed by atoms with Gasteiger partial charge in [-0.15, -0.1) is 0 Å². The number of aryl methyl sites for hydroxylation is 1. The van der Waals surface area contributed by atoms with Crippen LogP contribution < -0.4 is 10.6 Å². The standard InChI is InChI=1S/C12H20N4OS/c1-8-6-9(16-11(13-4)15-8)10(17)14-7-12(2,3)18-5/h6H,7H2,1-5H3,(H,14,17)(H,13,15,16). The highest BCUT2D eigenvalue weighted by Crippen LogP contribution is 2.19. The average Bonchev–Trinajstić information content (AvgIpc) is 2.35. The summed E-state index contributed by atoms with van der Waals surface area (Å²) in [4.78, 5) is 20.3. The van der Waals surface area contributed by atoms with Crippen molar-refractivity contribution in [2.45, 2.75) is 25.5 Å². The number of anilines is 1. The van der Waals surface area contributed by atoms with Crippen LogP contribution >= 0.6 is 11.8 Å². The predicted molar refractivity (Wildman–Crippen MR) is 76.2 cm³/mol. The maximum Gasteiger partial charge on any atom is 0.270 e. The molecule has 1 aromatic rings. The summed E-state index contributed by atoms with van der Waals surface area (Å²) < 4.78 is 0.0174. The minimum Gasteiger partial charge on any atom is -0.357 e. The largest absolute Gasteiger partial charge is 0.357 e. The molecule has 0 aromatic carbocycles. The molecule has 0 atom stereocenters. The van der Waals surface area contributed by atoms with Gasteiger partial charge < -0.3 is 10.6 Å². The van der Waals surface area contributed by atoms with Gasteiger partial charge in [0.15, 0.2) is 0 Å². The second-order valence-corrected chi connectivity index (χ2v) is 6.13. The maximum atomic E-state index is 12.0. The second-order valence-electron chi connectivity index (χ2n) is 4.61. The van der Waals surface area contributed by atoms with E-state index < -0.39 is 0 Å². The van der Waals surface area contributed by atoms with E-state index in [0.717, 1.165) is 5.69 Å². The Kier molecular flexibility index (Phi) is 4.95. The van der Waals surface area contributed by atoms with Crippen LogP contribution in [0.2, 0.25) is 0 Å². The number of nitrogens with zero attached hydrogens (tertiary/aromatic N) is 2. The fourth-order valence-corrected chi connectivity index (χ4v) is 1.47. The summed E-state index contributed by atoms with van der Waals surface area (Å²) in [6.07, 6.45) is 2.03. The molecule has 0 aliphatic heterocycles. The first-order chi connectivity index (χ1) is 8.38. The van der Waals surface area contributed by atoms with Gasteiger partial charge in [0, 0.05) is 24.0 Å². The molecule has 1 amide bonds. The van der Waals surface area contributed by atoms with Gasteiger partial charge in [0.05, 0.1) is 0 Å². The molecule has 1 aromatic heterocycles. The fourth-order valence-electron chi connectivity index (χ4n) is 1.25. The van der Waals surface area contributed by atoms with E-state index in [9.17, 15) is 4.79 Å². The maximum absolute atomic E-state index is 12.0. The van der Waals surface area contributed by atoms with E-state index in [1.54, 1.807) is 24.9 Å². The van der Waals surface area contributed by atoms with Gasteiger partial charge in [-0.3, -0.25) is 4.79 Å². The summed E-state index contributed by atoms with van der Waals surface area (Å²) in [5, 5.41) is 5.73. The second kappa shape index (κ2) is 6.04. The van der Waals surface area contributed by atoms with E-state index in [-0.39, 0.29) is 10.7 Å².